The van der Waals surface area contributed by atoms with E-state index in [0.717, 1.165) is 38.8 Å². The summed E-state index contributed by atoms with van der Waals surface area (Å²) in [6, 6.07) is 7.72. The molecule has 0 radical (unpaired) electrons. The lowest BCUT2D eigenvalue weighted by Gasteiger charge is -2.26. The molecule has 1 aromatic rings. The van der Waals surface area contributed by atoms with Crippen LogP contribution in [0.3, 0.4) is 0 Å². The zero-order chi connectivity index (χ0) is 33.6. The van der Waals surface area contributed by atoms with Crippen molar-refractivity contribution in [2.24, 2.45) is 11.8 Å². The molecule has 0 spiro atoms. The van der Waals surface area contributed by atoms with Gasteiger partial charge in [0.2, 0.25) is 11.8 Å². The molecule has 2 aliphatic heterocycles. The van der Waals surface area contributed by atoms with Crippen LogP contribution in [0.5, 0.6) is 0 Å². The minimum Gasteiger partial charge on any atom is -0.338 e. The highest BCUT2D eigenvalue weighted by Gasteiger charge is 2.36. The molecule has 0 aliphatic carbocycles. The lowest BCUT2D eigenvalue weighted by molar-refractivity contribution is -0.117. The first-order chi connectivity index (χ1) is 22.0. The van der Waals surface area contributed by atoms with E-state index in [1.807, 2.05) is 28.0 Å². The Hall–Kier alpha value is -2.60. The average molecular weight is 707 g/mol. The maximum atomic E-state index is 13.1. The average Bonchev–Trinajstić information content (AvgIpc) is 3.42. The van der Waals surface area contributed by atoms with Crippen molar-refractivity contribution in [1.29, 1.82) is 10.8 Å². The lowest BCUT2D eigenvalue weighted by atomic mass is 10.0. The molecular weight excluding hydrogens is 641 g/mol. The summed E-state index contributed by atoms with van der Waals surface area (Å²) in [7, 11) is 0. The summed E-state index contributed by atoms with van der Waals surface area (Å²) in [4.78, 5) is 34.4. The van der Waals surface area contributed by atoms with Crippen LogP contribution < -0.4 is 10.6 Å². The molecule has 274 valence electrons. The predicted octanol–water partition coefficient (Wildman–Crippen LogP) is 6.88. The Kier molecular flexibility index (Phi) is 20.1. The molecule has 48 heavy (non-hydrogen) atoms. The topological polar surface area (TPSA) is 119 Å². The Labute approximate surface area is 305 Å². The van der Waals surface area contributed by atoms with Gasteiger partial charge in [-0.15, -0.1) is 0 Å². The van der Waals surface area contributed by atoms with Gasteiger partial charge < -0.3 is 30.2 Å². The van der Waals surface area contributed by atoms with Crippen LogP contribution >= 0.6 is 27.0 Å². The van der Waals surface area contributed by atoms with Gasteiger partial charge in [0, 0.05) is 49.6 Å². The van der Waals surface area contributed by atoms with Gasteiger partial charge in [0.1, 0.15) is 13.1 Å². The van der Waals surface area contributed by atoms with Crippen molar-refractivity contribution in [3.63, 3.8) is 0 Å². The largest absolute Gasteiger partial charge is 0.338 e. The van der Waals surface area contributed by atoms with Crippen molar-refractivity contribution in [2.75, 3.05) is 49.9 Å². The van der Waals surface area contributed by atoms with E-state index < -0.39 is 0 Å². The highest BCUT2D eigenvalue weighted by Crippen LogP contribution is 2.24. The number of carbonyl (C=O) groups excluding carboxylic acids is 2. The van der Waals surface area contributed by atoms with E-state index >= 15 is 0 Å². The number of unbranched alkanes of at least 4 members (excludes halogenated alkanes) is 6. The molecule has 3 rings (SSSR count). The third kappa shape index (κ3) is 13.7. The summed E-state index contributed by atoms with van der Waals surface area (Å²) >= 11 is 0. The van der Waals surface area contributed by atoms with Crippen LogP contribution in [0.1, 0.15) is 106 Å². The molecule has 4 N–H and O–H groups in total. The van der Waals surface area contributed by atoms with Crippen molar-refractivity contribution in [3.8, 4) is 0 Å². The van der Waals surface area contributed by atoms with E-state index in [-0.39, 0.29) is 64.0 Å². The second-order valence-corrected chi connectivity index (χ2v) is 14.2. The molecular formula is C36H66N8O2S2. The van der Waals surface area contributed by atoms with Gasteiger partial charge in [-0.3, -0.25) is 20.4 Å². The van der Waals surface area contributed by atoms with E-state index in [9.17, 15) is 9.59 Å². The molecule has 12 heteroatoms. The number of hydrogen-bond donors (Lipinski definition) is 4. The summed E-state index contributed by atoms with van der Waals surface area (Å²) in [5.74, 6) is 1.58. The predicted molar refractivity (Wildman–Crippen MR) is 211 cm³/mol. The van der Waals surface area contributed by atoms with Gasteiger partial charge in [0.15, 0.2) is 11.9 Å². The second-order valence-electron chi connectivity index (χ2n) is 14.2. The number of nitrogens with zero attached hydrogens (tertiary/aromatic N) is 4. The van der Waals surface area contributed by atoms with Crippen LogP contribution in [-0.2, 0) is 9.59 Å². The third-order valence-corrected chi connectivity index (χ3v) is 8.98. The number of guanidine groups is 2. The first-order valence-electron chi connectivity index (χ1n) is 17.9. The fraction of sp³-hybridized carbons (Fsp3) is 0.722. The normalized spacial score (nSPS) is 17.7. The molecule has 2 heterocycles. The molecule has 2 amide bonds. The lowest BCUT2D eigenvalue weighted by Crippen LogP contribution is -2.39. The maximum absolute atomic E-state index is 13.1. The highest BCUT2D eigenvalue weighted by molar-refractivity contribution is 7.59. The molecule has 2 saturated heterocycles. The Balaban J connectivity index is 0.00000576. The Morgan fingerprint density at radius 1 is 0.708 bits per heavy atom. The van der Waals surface area contributed by atoms with Crippen molar-refractivity contribution < 1.29 is 9.59 Å². The molecule has 0 bridgehead atoms. The fourth-order valence-corrected chi connectivity index (χ4v) is 6.78. The quantitative estimate of drug-likeness (QED) is 0.110. The third-order valence-electron chi connectivity index (χ3n) is 8.98. The molecule has 10 nitrogen and oxygen atoms in total. The van der Waals surface area contributed by atoms with E-state index in [1.165, 1.54) is 38.5 Å². The Morgan fingerprint density at radius 3 is 1.46 bits per heavy atom. The van der Waals surface area contributed by atoms with Crippen LogP contribution in [0.25, 0.3) is 0 Å². The van der Waals surface area contributed by atoms with E-state index in [2.05, 4.69) is 62.0 Å². The van der Waals surface area contributed by atoms with Gasteiger partial charge in [-0.25, -0.2) is 0 Å². The number of hydrogen-bond acceptors (Lipinski definition) is 4. The van der Waals surface area contributed by atoms with Crippen LogP contribution in [0.2, 0.25) is 0 Å². The summed E-state index contributed by atoms with van der Waals surface area (Å²) in [6.07, 6.45) is 11.3. The highest BCUT2D eigenvalue weighted by atomic mass is 32.1. The maximum Gasteiger partial charge on any atom is 0.244 e. The van der Waals surface area contributed by atoms with Gasteiger partial charge in [-0.05, 0) is 55.7 Å². The summed E-state index contributed by atoms with van der Waals surface area (Å²) < 4.78 is 0. The Morgan fingerprint density at radius 2 is 1.10 bits per heavy atom. The number of carbonyl (C=O) groups is 2. The van der Waals surface area contributed by atoms with Crippen LogP contribution in [0, 0.1) is 22.7 Å². The smallest absolute Gasteiger partial charge is 0.244 e. The molecule has 2 atom stereocenters. The van der Waals surface area contributed by atoms with E-state index in [0.29, 0.717) is 48.2 Å². The van der Waals surface area contributed by atoms with Crippen molar-refractivity contribution in [1.82, 2.24) is 19.6 Å². The summed E-state index contributed by atoms with van der Waals surface area (Å²) in [5.41, 5.74) is 1.21. The molecule has 1 aromatic carbocycles. The molecule has 0 aromatic heterocycles. The first-order valence-corrected chi connectivity index (χ1v) is 17.9. The van der Waals surface area contributed by atoms with Crippen LogP contribution in [0.15, 0.2) is 24.3 Å². The monoisotopic (exact) mass is 706 g/mol. The number of anilines is 2. The van der Waals surface area contributed by atoms with Gasteiger partial charge in [-0.2, -0.15) is 27.0 Å². The van der Waals surface area contributed by atoms with E-state index in [4.69, 9.17) is 10.8 Å². The van der Waals surface area contributed by atoms with Crippen LogP contribution in [-0.4, -0.2) is 94.7 Å². The zero-order valence-electron chi connectivity index (χ0n) is 30.5. The number of rotatable bonds is 20. The Bertz CT molecular complexity index is 1070. The number of amides is 2. The summed E-state index contributed by atoms with van der Waals surface area (Å²) in [6.45, 7) is 16.6. The van der Waals surface area contributed by atoms with Gasteiger partial charge in [0.05, 0.1) is 0 Å². The molecule has 0 saturated carbocycles. The van der Waals surface area contributed by atoms with Crippen molar-refractivity contribution in [3.05, 3.63) is 24.3 Å². The van der Waals surface area contributed by atoms with Gasteiger partial charge in [0.25, 0.3) is 0 Å². The van der Waals surface area contributed by atoms with E-state index in [1.54, 1.807) is 6.07 Å². The first kappa shape index (κ1) is 43.4. The van der Waals surface area contributed by atoms with Crippen LogP contribution in [0.4, 0.5) is 11.4 Å². The zero-order valence-corrected chi connectivity index (χ0v) is 32.5. The fourth-order valence-electron chi connectivity index (χ4n) is 6.78. The number of benzene rings is 1. The minimum absolute atomic E-state index is 0. The van der Waals surface area contributed by atoms with Crippen molar-refractivity contribution >= 4 is 62.1 Å². The SMILES string of the molecule is CCCCCCN1C(=N)N(CC(=O)Nc2cccc(NC(=O)CN3C[C@H](CC(C)C)N(CCCCCC)C3=N)c2)C[C@@H]1CC(C)C.S.S. The second kappa shape index (κ2) is 22.2. The van der Waals surface area contributed by atoms with Gasteiger partial charge >= 0.3 is 0 Å². The minimum atomic E-state index is -0.176. The molecule has 2 aliphatic rings. The summed E-state index contributed by atoms with van der Waals surface area (Å²) in [5, 5.41) is 23.6. The van der Waals surface area contributed by atoms with Crippen molar-refractivity contribution in [2.45, 2.75) is 118 Å². The van der Waals surface area contributed by atoms with Gasteiger partial charge in [-0.1, -0.05) is 86.1 Å². The molecule has 0 unspecified atom stereocenters. The standard InChI is InChI=1S/C36H62N8O2.2H2S/c1-7-9-11-13-18-43-31(20-27(3)4)23-41(35(43)37)25-33(45)39-29-16-15-17-30(22-29)40-34(46)26-42-24-32(21-28(5)6)44(36(42)38)19-14-12-10-8-2;;/h15-17,22,27-28,31-32,37-38H,7-14,18-21,23-26H2,1-6H3,(H,39,45)(H,40,46);2*1H2/t31-,32-;;/m0../s1. The number of nitrogens with one attached hydrogen (secondary N) is 4. The molecule has 2 fully saturated rings.